The number of unbranched alkanes of at least 4 members (excludes halogenated alkanes) is 1. The van der Waals surface area contributed by atoms with Crippen LogP contribution in [0.1, 0.15) is 46.5 Å². The van der Waals surface area contributed by atoms with Crippen molar-refractivity contribution in [1.82, 2.24) is 4.90 Å². The third kappa shape index (κ3) is 4.80. The summed E-state index contributed by atoms with van der Waals surface area (Å²) in [6.45, 7) is 15.1. The monoisotopic (exact) mass is 358 g/mol. The van der Waals surface area contributed by atoms with Crippen LogP contribution >= 0.6 is 0 Å². The summed E-state index contributed by atoms with van der Waals surface area (Å²) in [6.07, 6.45) is 5.07. The fourth-order valence-electron chi connectivity index (χ4n) is 4.64. The Balaban J connectivity index is 1.37. The number of ether oxygens (including phenoxy) is 1. The molecular weight excluding hydrogens is 320 g/mol. The lowest BCUT2D eigenvalue weighted by molar-refractivity contribution is -0.0567. The second-order valence-electron chi connectivity index (χ2n) is 8.83. The van der Waals surface area contributed by atoms with E-state index in [1.807, 2.05) is 0 Å². The first kappa shape index (κ1) is 19.7. The highest BCUT2D eigenvalue weighted by Crippen LogP contribution is 2.53. The van der Waals surface area contributed by atoms with Crippen LogP contribution in [0.15, 0.2) is 30.3 Å². The van der Waals surface area contributed by atoms with Gasteiger partial charge < -0.3 is 9.64 Å². The van der Waals surface area contributed by atoms with Gasteiger partial charge in [0.1, 0.15) is 0 Å². The lowest BCUT2D eigenvalue weighted by atomic mass is 9.53. The third-order valence-electron chi connectivity index (χ3n) is 6.90. The minimum atomic E-state index is 0.477. The van der Waals surface area contributed by atoms with Gasteiger partial charge in [-0.2, -0.15) is 0 Å². The molecule has 0 unspecified atom stereocenters. The van der Waals surface area contributed by atoms with E-state index in [9.17, 15) is 0 Å². The average Bonchev–Trinajstić information content (AvgIpc) is 2.67. The van der Waals surface area contributed by atoms with Crippen molar-refractivity contribution in [1.29, 1.82) is 0 Å². The van der Waals surface area contributed by atoms with Gasteiger partial charge in [-0.1, -0.05) is 45.4 Å². The molecule has 0 amide bonds. The van der Waals surface area contributed by atoms with Gasteiger partial charge in [-0.15, -0.1) is 0 Å². The van der Waals surface area contributed by atoms with E-state index in [0.29, 0.717) is 5.41 Å². The van der Waals surface area contributed by atoms with E-state index in [1.54, 1.807) is 0 Å². The Kier molecular flexibility index (Phi) is 6.99. The quantitative estimate of drug-likeness (QED) is 0.596. The summed E-state index contributed by atoms with van der Waals surface area (Å²) in [4.78, 5) is 5.22. The number of hydrogen-bond acceptors (Lipinski definition) is 3. The zero-order chi connectivity index (χ0) is 18.4. The standard InChI is InChI=1S/C23H38N2O/c1-4-5-16-26-17-11-20-18-21(23(20,2)3)19-24-12-14-25(15-13-24)22-9-7-6-8-10-22/h6-10,20-21H,4-5,11-19H2,1-3H3/t20-,21-/m1/s1. The zero-order valence-electron chi connectivity index (χ0n) is 17.1. The molecule has 146 valence electrons. The van der Waals surface area contributed by atoms with Crippen LogP contribution in [0.2, 0.25) is 0 Å². The molecule has 1 aliphatic heterocycles. The molecular formula is C23H38N2O. The Bertz CT molecular complexity index is 522. The molecule has 0 bridgehead atoms. The van der Waals surface area contributed by atoms with Crippen molar-refractivity contribution in [3.63, 3.8) is 0 Å². The van der Waals surface area contributed by atoms with Crippen LogP contribution in [0.25, 0.3) is 0 Å². The number of hydrogen-bond donors (Lipinski definition) is 0. The predicted molar refractivity (Wildman–Crippen MR) is 111 cm³/mol. The van der Waals surface area contributed by atoms with Gasteiger partial charge >= 0.3 is 0 Å². The van der Waals surface area contributed by atoms with Crippen molar-refractivity contribution in [2.45, 2.75) is 46.5 Å². The fourth-order valence-corrected chi connectivity index (χ4v) is 4.64. The number of benzene rings is 1. The maximum absolute atomic E-state index is 5.80. The molecule has 2 atom stereocenters. The second-order valence-corrected chi connectivity index (χ2v) is 8.83. The molecule has 3 rings (SSSR count). The molecule has 1 aromatic carbocycles. The Hall–Kier alpha value is -1.06. The smallest absolute Gasteiger partial charge is 0.0468 e. The van der Waals surface area contributed by atoms with E-state index in [1.165, 1.54) is 51.0 Å². The van der Waals surface area contributed by atoms with Crippen LogP contribution in [-0.2, 0) is 4.74 Å². The third-order valence-corrected chi connectivity index (χ3v) is 6.90. The van der Waals surface area contributed by atoms with Gasteiger partial charge in [0.25, 0.3) is 0 Å². The first-order valence-corrected chi connectivity index (χ1v) is 10.7. The largest absolute Gasteiger partial charge is 0.381 e. The number of para-hydroxylation sites is 1. The summed E-state index contributed by atoms with van der Waals surface area (Å²) in [5, 5.41) is 0. The Morgan fingerprint density at radius 3 is 2.38 bits per heavy atom. The minimum absolute atomic E-state index is 0.477. The maximum atomic E-state index is 5.80. The predicted octanol–water partition coefficient (Wildman–Crippen LogP) is 4.68. The van der Waals surface area contributed by atoms with E-state index >= 15 is 0 Å². The summed E-state index contributed by atoms with van der Waals surface area (Å²) in [7, 11) is 0. The highest BCUT2D eigenvalue weighted by atomic mass is 16.5. The highest BCUT2D eigenvalue weighted by molar-refractivity contribution is 5.46. The average molecular weight is 359 g/mol. The van der Waals surface area contributed by atoms with Crippen molar-refractivity contribution >= 4 is 5.69 Å². The van der Waals surface area contributed by atoms with Crippen LogP contribution < -0.4 is 4.90 Å². The number of rotatable bonds is 9. The van der Waals surface area contributed by atoms with Crippen molar-refractivity contribution in [3.05, 3.63) is 30.3 Å². The molecule has 0 aromatic heterocycles. The number of piperazine rings is 1. The topological polar surface area (TPSA) is 15.7 Å². The van der Waals surface area contributed by atoms with Gasteiger partial charge in [-0.05, 0) is 48.6 Å². The molecule has 1 saturated heterocycles. The van der Waals surface area contributed by atoms with Crippen LogP contribution in [-0.4, -0.2) is 50.8 Å². The van der Waals surface area contributed by atoms with E-state index in [-0.39, 0.29) is 0 Å². The molecule has 1 aromatic rings. The Morgan fingerprint density at radius 2 is 1.73 bits per heavy atom. The summed E-state index contributed by atoms with van der Waals surface area (Å²) >= 11 is 0. The molecule has 3 heteroatoms. The van der Waals surface area contributed by atoms with Crippen LogP contribution in [0, 0.1) is 17.3 Å². The summed E-state index contributed by atoms with van der Waals surface area (Å²) in [5.74, 6) is 1.70. The summed E-state index contributed by atoms with van der Waals surface area (Å²) in [6, 6.07) is 10.9. The minimum Gasteiger partial charge on any atom is -0.381 e. The van der Waals surface area contributed by atoms with Crippen molar-refractivity contribution in [3.8, 4) is 0 Å². The number of nitrogens with zero attached hydrogens (tertiary/aromatic N) is 2. The fraction of sp³-hybridized carbons (Fsp3) is 0.739. The molecule has 1 heterocycles. The maximum Gasteiger partial charge on any atom is 0.0468 e. The van der Waals surface area contributed by atoms with E-state index in [0.717, 1.165) is 38.1 Å². The first-order chi connectivity index (χ1) is 12.6. The molecule has 2 aliphatic rings. The Morgan fingerprint density at radius 1 is 1.00 bits per heavy atom. The zero-order valence-corrected chi connectivity index (χ0v) is 17.1. The molecule has 0 spiro atoms. The van der Waals surface area contributed by atoms with Gasteiger partial charge in [0.05, 0.1) is 0 Å². The highest BCUT2D eigenvalue weighted by Gasteiger charge is 2.47. The van der Waals surface area contributed by atoms with Crippen molar-refractivity contribution in [2.75, 3.05) is 50.8 Å². The van der Waals surface area contributed by atoms with Gasteiger partial charge in [-0.25, -0.2) is 0 Å². The van der Waals surface area contributed by atoms with Gasteiger partial charge in [0, 0.05) is 51.6 Å². The van der Waals surface area contributed by atoms with E-state index in [2.05, 4.69) is 60.9 Å². The molecule has 2 fully saturated rings. The van der Waals surface area contributed by atoms with E-state index in [4.69, 9.17) is 4.74 Å². The summed E-state index contributed by atoms with van der Waals surface area (Å²) < 4.78 is 5.80. The molecule has 26 heavy (non-hydrogen) atoms. The van der Waals surface area contributed by atoms with Crippen LogP contribution in [0.4, 0.5) is 5.69 Å². The SMILES string of the molecule is CCCCOCC[C@@H]1C[C@H](CN2CCN(c3ccccc3)CC2)C1(C)C. The van der Waals surface area contributed by atoms with E-state index < -0.39 is 0 Å². The lowest BCUT2D eigenvalue weighted by Crippen LogP contribution is -2.54. The summed E-state index contributed by atoms with van der Waals surface area (Å²) in [5.41, 5.74) is 1.85. The van der Waals surface area contributed by atoms with Gasteiger partial charge in [-0.3, -0.25) is 4.90 Å². The second kappa shape index (κ2) is 9.23. The van der Waals surface area contributed by atoms with Crippen LogP contribution in [0.3, 0.4) is 0 Å². The number of anilines is 1. The molecule has 1 aliphatic carbocycles. The molecule has 0 N–H and O–H groups in total. The van der Waals surface area contributed by atoms with Gasteiger partial charge in [0.15, 0.2) is 0 Å². The Labute approximate surface area is 160 Å². The molecule has 1 saturated carbocycles. The molecule has 3 nitrogen and oxygen atoms in total. The molecule has 0 radical (unpaired) electrons. The normalized spacial score (nSPS) is 25.9. The van der Waals surface area contributed by atoms with Crippen molar-refractivity contribution in [2.24, 2.45) is 17.3 Å². The first-order valence-electron chi connectivity index (χ1n) is 10.7. The van der Waals surface area contributed by atoms with Crippen LogP contribution in [0.5, 0.6) is 0 Å². The lowest BCUT2D eigenvalue weighted by Gasteiger charge is -2.54. The van der Waals surface area contributed by atoms with Gasteiger partial charge in [0.2, 0.25) is 0 Å². The van der Waals surface area contributed by atoms with Crippen molar-refractivity contribution < 1.29 is 4.74 Å².